The number of hydrogen-bond acceptors (Lipinski definition) is 3. The normalized spacial score (nSPS) is 10.6. The summed E-state index contributed by atoms with van der Waals surface area (Å²) in [5.41, 5.74) is 2.13. The van der Waals surface area contributed by atoms with Crippen LogP contribution in [-0.2, 0) is 13.1 Å². The van der Waals surface area contributed by atoms with E-state index in [2.05, 4.69) is 33.0 Å². The molecule has 0 aromatic carbocycles. The zero-order valence-corrected chi connectivity index (χ0v) is 10.1. The van der Waals surface area contributed by atoms with Gasteiger partial charge in [-0.05, 0) is 25.1 Å². The minimum atomic E-state index is 0.779. The van der Waals surface area contributed by atoms with Gasteiger partial charge in [-0.25, -0.2) is 4.98 Å². The second-order valence-corrected chi connectivity index (χ2v) is 4.04. The van der Waals surface area contributed by atoms with Gasteiger partial charge in [0.05, 0.1) is 24.3 Å². The second kappa shape index (κ2) is 6.15. The van der Waals surface area contributed by atoms with Crippen LogP contribution in [0.1, 0.15) is 24.7 Å². The highest BCUT2D eigenvalue weighted by Crippen LogP contribution is 2.01. The van der Waals surface area contributed by atoms with E-state index in [0.717, 1.165) is 37.4 Å². The summed E-state index contributed by atoms with van der Waals surface area (Å²) in [6.07, 6.45) is 6.89. The lowest BCUT2D eigenvalue weighted by molar-refractivity contribution is 0.665. The molecule has 90 valence electrons. The van der Waals surface area contributed by atoms with Crippen LogP contribution in [0.25, 0.3) is 0 Å². The average molecular weight is 230 g/mol. The van der Waals surface area contributed by atoms with E-state index < -0.39 is 0 Å². The van der Waals surface area contributed by atoms with E-state index in [-0.39, 0.29) is 0 Å². The molecule has 4 heteroatoms. The van der Waals surface area contributed by atoms with E-state index in [4.69, 9.17) is 0 Å². The molecule has 17 heavy (non-hydrogen) atoms. The maximum atomic E-state index is 4.36. The molecular weight excluding hydrogens is 212 g/mol. The van der Waals surface area contributed by atoms with E-state index in [9.17, 15) is 0 Å². The third-order valence-electron chi connectivity index (χ3n) is 2.49. The largest absolute Gasteiger partial charge is 0.331 e. The van der Waals surface area contributed by atoms with E-state index in [1.54, 1.807) is 0 Å². The Hall–Kier alpha value is -1.68. The van der Waals surface area contributed by atoms with Gasteiger partial charge in [0.25, 0.3) is 0 Å². The topological polar surface area (TPSA) is 42.7 Å². The summed E-state index contributed by atoms with van der Waals surface area (Å²) >= 11 is 0. The molecule has 0 saturated heterocycles. The summed E-state index contributed by atoms with van der Waals surface area (Å²) < 4.78 is 2.06. The fourth-order valence-electron chi connectivity index (χ4n) is 1.66. The number of pyridine rings is 1. The summed E-state index contributed by atoms with van der Waals surface area (Å²) in [6.45, 7) is 4.81. The van der Waals surface area contributed by atoms with Crippen LogP contribution in [0, 0.1) is 0 Å². The molecule has 0 aliphatic rings. The van der Waals surface area contributed by atoms with Gasteiger partial charge in [0.1, 0.15) is 0 Å². The molecular formula is C13H18N4. The van der Waals surface area contributed by atoms with Crippen LogP contribution in [0.4, 0.5) is 0 Å². The van der Waals surface area contributed by atoms with Crippen molar-refractivity contribution in [2.45, 2.75) is 26.4 Å². The van der Waals surface area contributed by atoms with Crippen molar-refractivity contribution in [3.05, 3.63) is 48.3 Å². The van der Waals surface area contributed by atoms with Crippen LogP contribution in [0.2, 0.25) is 0 Å². The summed E-state index contributed by atoms with van der Waals surface area (Å²) in [7, 11) is 0. The molecule has 0 bridgehead atoms. The molecule has 0 atom stereocenters. The summed E-state index contributed by atoms with van der Waals surface area (Å²) in [5, 5.41) is 3.34. The van der Waals surface area contributed by atoms with Crippen molar-refractivity contribution in [1.82, 2.24) is 19.9 Å². The monoisotopic (exact) mass is 230 g/mol. The Kier molecular flexibility index (Phi) is 4.27. The number of hydrogen-bond donors (Lipinski definition) is 1. The fourth-order valence-corrected chi connectivity index (χ4v) is 1.66. The molecule has 0 aliphatic carbocycles. The molecule has 2 aromatic heterocycles. The minimum Gasteiger partial charge on any atom is -0.331 e. The van der Waals surface area contributed by atoms with Crippen LogP contribution >= 0.6 is 0 Å². The number of rotatable bonds is 6. The van der Waals surface area contributed by atoms with Crippen molar-refractivity contribution in [2.24, 2.45) is 0 Å². The lowest BCUT2D eigenvalue weighted by atomic mass is 10.3. The Morgan fingerprint density at radius 2 is 2.18 bits per heavy atom. The molecule has 2 aromatic rings. The van der Waals surface area contributed by atoms with E-state index >= 15 is 0 Å². The molecule has 0 spiro atoms. The second-order valence-electron chi connectivity index (χ2n) is 4.04. The van der Waals surface area contributed by atoms with E-state index in [1.807, 2.05) is 30.7 Å². The van der Waals surface area contributed by atoms with Gasteiger partial charge in [-0.2, -0.15) is 0 Å². The molecule has 0 saturated carbocycles. The van der Waals surface area contributed by atoms with Crippen LogP contribution in [-0.4, -0.2) is 21.1 Å². The first-order valence-corrected chi connectivity index (χ1v) is 5.99. The Labute approximate surface area is 102 Å². The van der Waals surface area contributed by atoms with Gasteiger partial charge in [-0.3, -0.25) is 4.98 Å². The fraction of sp³-hybridized carbons (Fsp3) is 0.385. The van der Waals surface area contributed by atoms with Crippen molar-refractivity contribution in [3.63, 3.8) is 0 Å². The minimum absolute atomic E-state index is 0.779. The quantitative estimate of drug-likeness (QED) is 0.770. The smallest absolute Gasteiger partial charge is 0.0953 e. The zero-order valence-electron chi connectivity index (χ0n) is 10.1. The molecule has 0 fully saturated rings. The van der Waals surface area contributed by atoms with E-state index in [0.29, 0.717) is 0 Å². The van der Waals surface area contributed by atoms with Gasteiger partial charge in [0.15, 0.2) is 0 Å². The van der Waals surface area contributed by atoms with Crippen molar-refractivity contribution >= 4 is 0 Å². The summed E-state index contributed by atoms with van der Waals surface area (Å²) in [6, 6.07) is 5.95. The molecule has 0 amide bonds. The zero-order chi connectivity index (χ0) is 11.9. The number of nitrogens with one attached hydrogen (secondary N) is 1. The Bertz CT molecular complexity index is 436. The lowest BCUT2D eigenvalue weighted by Gasteiger charge is -2.01. The van der Waals surface area contributed by atoms with Gasteiger partial charge >= 0.3 is 0 Å². The predicted octanol–water partition coefficient (Wildman–Crippen LogP) is 1.83. The third-order valence-corrected chi connectivity index (χ3v) is 2.49. The van der Waals surface area contributed by atoms with Gasteiger partial charge in [0, 0.05) is 18.9 Å². The number of aromatic nitrogens is 3. The molecule has 0 radical (unpaired) electrons. The highest BCUT2D eigenvalue weighted by atomic mass is 15.1. The van der Waals surface area contributed by atoms with Crippen LogP contribution in [0.3, 0.4) is 0 Å². The molecule has 2 rings (SSSR count). The molecule has 2 heterocycles. The SMILES string of the molecule is CCCNCc1cn(Cc2ccccn2)cn1. The van der Waals surface area contributed by atoms with Gasteiger partial charge in [-0.1, -0.05) is 13.0 Å². The van der Waals surface area contributed by atoms with Crippen molar-refractivity contribution in [1.29, 1.82) is 0 Å². The first-order valence-electron chi connectivity index (χ1n) is 5.99. The van der Waals surface area contributed by atoms with Crippen LogP contribution < -0.4 is 5.32 Å². The number of nitrogens with zero attached hydrogens (tertiary/aromatic N) is 3. The van der Waals surface area contributed by atoms with Gasteiger partial charge in [0.2, 0.25) is 0 Å². The average Bonchev–Trinajstić information content (AvgIpc) is 2.79. The highest BCUT2D eigenvalue weighted by molar-refractivity contribution is 5.05. The highest BCUT2D eigenvalue weighted by Gasteiger charge is 1.99. The lowest BCUT2D eigenvalue weighted by Crippen LogP contribution is -2.13. The Balaban J connectivity index is 1.90. The molecule has 1 N–H and O–H groups in total. The van der Waals surface area contributed by atoms with Crippen LogP contribution in [0.15, 0.2) is 36.9 Å². The van der Waals surface area contributed by atoms with E-state index in [1.165, 1.54) is 0 Å². The predicted molar refractivity (Wildman–Crippen MR) is 67.6 cm³/mol. The van der Waals surface area contributed by atoms with Gasteiger partial charge in [-0.15, -0.1) is 0 Å². The Morgan fingerprint density at radius 1 is 1.24 bits per heavy atom. The maximum Gasteiger partial charge on any atom is 0.0953 e. The molecule has 4 nitrogen and oxygen atoms in total. The summed E-state index contributed by atoms with van der Waals surface area (Å²) in [5.74, 6) is 0. The number of imidazole rings is 1. The first-order chi connectivity index (χ1) is 8.38. The van der Waals surface area contributed by atoms with Gasteiger partial charge < -0.3 is 9.88 Å². The molecule has 0 aliphatic heterocycles. The maximum absolute atomic E-state index is 4.36. The first kappa shape index (κ1) is 11.8. The van der Waals surface area contributed by atoms with Crippen LogP contribution in [0.5, 0.6) is 0 Å². The van der Waals surface area contributed by atoms with Crippen molar-refractivity contribution < 1.29 is 0 Å². The summed E-state index contributed by atoms with van der Waals surface area (Å²) in [4.78, 5) is 8.65. The standard InChI is InChI=1S/C13H18N4/c1-2-6-14-8-13-10-17(11-16-13)9-12-5-3-4-7-15-12/h3-5,7,10-11,14H,2,6,8-9H2,1H3. The third kappa shape index (κ3) is 3.67. The van der Waals surface area contributed by atoms with Crippen molar-refractivity contribution in [3.8, 4) is 0 Å². The molecule has 0 unspecified atom stereocenters. The Morgan fingerprint density at radius 3 is 2.94 bits per heavy atom. The van der Waals surface area contributed by atoms with Crippen molar-refractivity contribution in [2.75, 3.05) is 6.54 Å².